The van der Waals surface area contributed by atoms with Crippen LogP contribution in [0.5, 0.6) is 5.75 Å². The van der Waals surface area contributed by atoms with Gasteiger partial charge in [0.05, 0.1) is 7.11 Å². The predicted molar refractivity (Wildman–Crippen MR) is 73.8 cm³/mol. The Bertz CT molecular complexity index is 522. The highest BCUT2D eigenvalue weighted by molar-refractivity contribution is 9.10. The second kappa shape index (κ2) is 5.21. The summed E-state index contributed by atoms with van der Waals surface area (Å²) in [5.74, 6) is 0.746. The molecule has 1 N–H and O–H groups in total. The van der Waals surface area contributed by atoms with E-state index in [0.717, 1.165) is 20.7 Å². The second-order valence-electron chi connectivity index (χ2n) is 3.74. The zero-order valence-electron chi connectivity index (χ0n) is 9.61. The molecule has 2 rings (SSSR count). The van der Waals surface area contributed by atoms with Crippen LogP contribution in [0.1, 0.15) is 21.4 Å². The van der Waals surface area contributed by atoms with Crippen LogP contribution in [0.15, 0.2) is 34.8 Å². The maximum Gasteiger partial charge on any atom is 0.119 e. The normalized spacial score (nSPS) is 12.5. The molecule has 0 aliphatic rings. The van der Waals surface area contributed by atoms with Crippen LogP contribution < -0.4 is 4.74 Å². The highest BCUT2D eigenvalue weighted by atomic mass is 79.9. The summed E-state index contributed by atoms with van der Waals surface area (Å²) < 4.78 is 6.06. The Labute approximate surface area is 113 Å². The maximum absolute atomic E-state index is 10.3. The van der Waals surface area contributed by atoms with Gasteiger partial charge in [-0.3, -0.25) is 0 Å². The Morgan fingerprint density at radius 1 is 1.29 bits per heavy atom. The van der Waals surface area contributed by atoms with Crippen molar-refractivity contribution in [2.75, 3.05) is 7.11 Å². The van der Waals surface area contributed by atoms with E-state index in [1.165, 1.54) is 4.88 Å². The Kier molecular flexibility index (Phi) is 3.86. The third kappa shape index (κ3) is 2.70. The van der Waals surface area contributed by atoms with Crippen molar-refractivity contribution >= 4 is 27.3 Å². The molecule has 0 radical (unpaired) electrons. The standard InChI is InChI=1S/C13H13BrO2S/c1-8-3-6-12(17-8)13(15)10-7-9(16-2)4-5-11(10)14/h3-7,13,15H,1-2H3. The highest BCUT2D eigenvalue weighted by Crippen LogP contribution is 2.34. The van der Waals surface area contributed by atoms with Crippen LogP contribution in [0.25, 0.3) is 0 Å². The van der Waals surface area contributed by atoms with Gasteiger partial charge in [0.1, 0.15) is 11.9 Å². The van der Waals surface area contributed by atoms with Gasteiger partial charge in [0, 0.05) is 19.8 Å². The first-order valence-electron chi connectivity index (χ1n) is 5.19. The van der Waals surface area contributed by atoms with Gasteiger partial charge in [-0.1, -0.05) is 15.9 Å². The van der Waals surface area contributed by atoms with Crippen molar-refractivity contribution in [3.63, 3.8) is 0 Å². The number of thiophene rings is 1. The van der Waals surface area contributed by atoms with E-state index in [2.05, 4.69) is 15.9 Å². The Morgan fingerprint density at radius 2 is 2.06 bits per heavy atom. The number of benzene rings is 1. The molecule has 0 aliphatic heterocycles. The van der Waals surface area contributed by atoms with Crippen LogP contribution in [0, 0.1) is 6.92 Å². The number of aliphatic hydroxyl groups excluding tert-OH is 1. The SMILES string of the molecule is COc1ccc(Br)c(C(O)c2ccc(C)s2)c1. The molecule has 4 heteroatoms. The minimum atomic E-state index is -0.613. The van der Waals surface area contributed by atoms with Gasteiger partial charge in [-0.05, 0) is 37.3 Å². The molecule has 0 saturated heterocycles. The lowest BCUT2D eigenvalue weighted by atomic mass is 10.1. The fourth-order valence-corrected chi connectivity index (χ4v) is 2.96. The van der Waals surface area contributed by atoms with Crippen LogP contribution in [-0.4, -0.2) is 12.2 Å². The number of aryl methyl sites for hydroxylation is 1. The molecule has 1 aromatic carbocycles. The number of ether oxygens (including phenoxy) is 1. The number of aliphatic hydroxyl groups is 1. The van der Waals surface area contributed by atoms with E-state index in [0.29, 0.717) is 0 Å². The first kappa shape index (κ1) is 12.6. The zero-order chi connectivity index (χ0) is 12.4. The third-order valence-electron chi connectivity index (χ3n) is 2.53. The van der Waals surface area contributed by atoms with E-state index in [9.17, 15) is 5.11 Å². The van der Waals surface area contributed by atoms with Gasteiger partial charge in [-0.25, -0.2) is 0 Å². The van der Waals surface area contributed by atoms with Gasteiger partial charge in [-0.15, -0.1) is 11.3 Å². The lowest BCUT2D eigenvalue weighted by molar-refractivity contribution is 0.223. The summed E-state index contributed by atoms with van der Waals surface area (Å²) in [6.45, 7) is 2.03. The summed E-state index contributed by atoms with van der Waals surface area (Å²) in [5.41, 5.74) is 0.825. The van der Waals surface area contributed by atoms with Crippen LogP contribution in [-0.2, 0) is 0 Å². The average molecular weight is 313 g/mol. The third-order valence-corrected chi connectivity index (χ3v) is 4.30. The van der Waals surface area contributed by atoms with Gasteiger partial charge in [0.25, 0.3) is 0 Å². The largest absolute Gasteiger partial charge is 0.497 e. The Balaban J connectivity index is 2.39. The topological polar surface area (TPSA) is 29.5 Å². The molecule has 0 bridgehead atoms. The smallest absolute Gasteiger partial charge is 0.119 e. The molecule has 1 unspecified atom stereocenters. The fraction of sp³-hybridized carbons (Fsp3) is 0.231. The van der Waals surface area contributed by atoms with E-state index in [1.54, 1.807) is 18.4 Å². The van der Waals surface area contributed by atoms with Crippen molar-refractivity contribution in [2.24, 2.45) is 0 Å². The average Bonchev–Trinajstić information content (AvgIpc) is 2.76. The first-order valence-corrected chi connectivity index (χ1v) is 6.80. The summed E-state index contributed by atoms with van der Waals surface area (Å²) in [4.78, 5) is 2.13. The molecular formula is C13H13BrO2S. The molecule has 0 fully saturated rings. The lowest BCUT2D eigenvalue weighted by Crippen LogP contribution is -1.99. The Morgan fingerprint density at radius 3 is 2.65 bits per heavy atom. The number of rotatable bonds is 3. The summed E-state index contributed by atoms with van der Waals surface area (Å²) in [6.07, 6.45) is -0.613. The number of halogens is 1. The van der Waals surface area contributed by atoms with Crippen molar-refractivity contribution in [1.29, 1.82) is 0 Å². The summed E-state index contributed by atoms with van der Waals surface area (Å²) in [5, 5.41) is 10.3. The summed E-state index contributed by atoms with van der Waals surface area (Å²) in [7, 11) is 1.62. The van der Waals surface area contributed by atoms with Crippen LogP contribution in [0.4, 0.5) is 0 Å². The minimum absolute atomic E-state index is 0.613. The molecule has 2 aromatic rings. The van der Waals surface area contributed by atoms with Crippen molar-refractivity contribution in [3.8, 4) is 5.75 Å². The molecule has 2 nitrogen and oxygen atoms in total. The number of hydrogen-bond donors (Lipinski definition) is 1. The van der Waals surface area contributed by atoms with Crippen molar-refractivity contribution < 1.29 is 9.84 Å². The number of hydrogen-bond acceptors (Lipinski definition) is 3. The van der Waals surface area contributed by atoms with E-state index < -0.39 is 6.10 Å². The second-order valence-corrected chi connectivity index (χ2v) is 5.91. The van der Waals surface area contributed by atoms with Gasteiger partial charge in [0.15, 0.2) is 0 Å². The molecular weight excluding hydrogens is 300 g/mol. The van der Waals surface area contributed by atoms with Crippen molar-refractivity contribution in [3.05, 3.63) is 50.1 Å². The van der Waals surface area contributed by atoms with Gasteiger partial charge >= 0.3 is 0 Å². The van der Waals surface area contributed by atoms with Crippen LogP contribution >= 0.6 is 27.3 Å². The van der Waals surface area contributed by atoms with E-state index >= 15 is 0 Å². The monoisotopic (exact) mass is 312 g/mol. The zero-order valence-corrected chi connectivity index (χ0v) is 12.0. The van der Waals surface area contributed by atoms with Gasteiger partial charge in [0.2, 0.25) is 0 Å². The molecule has 1 aromatic heterocycles. The Hall–Kier alpha value is -0.840. The van der Waals surface area contributed by atoms with Crippen LogP contribution in [0.3, 0.4) is 0 Å². The van der Waals surface area contributed by atoms with E-state index in [1.807, 2.05) is 37.3 Å². The van der Waals surface area contributed by atoms with Crippen molar-refractivity contribution in [2.45, 2.75) is 13.0 Å². The summed E-state index contributed by atoms with van der Waals surface area (Å²) in [6, 6.07) is 9.56. The summed E-state index contributed by atoms with van der Waals surface area (Å²) >= 11 is 5.05. The lowest BCUT2D eigenvalue weighted by Gasteiger charge is -2.12. The van der Waals surface area contributed by atoms with E-state index in [-0.39, 0.29) is 0 Å². The van der Waals surface area contributed by atoms with Crippen molar-refractivity contribution in [1.82, 2.24) is 0 Å². The maximum atomic E-state index is 10.3. The molecule has 0 aliphatic carbocycles. The fourth-order valence-electron chi connectivity index (χ4n) is 1.61. The quantitative estimate of drug-likeness (QED) is 0.931. The minimum Gasteiger partial charge on any atom is -0.497 e. The molecule has 90 valence electrons. The molecule has 1 atom stereocenters. The van der Waals surface area contributed by atoms with Crippen LogP contribution in [0.2, 0.25) is 0 Å². The highest BCUT2D eigenvalue weighted by Gasteiger charge is 2.16. The molecule has 0 saturated carbocycles. The van der Waals surface area contributed by atoms with E-state index in [4.69, 9.17) is 4.74 Å². The molecule has 0 amide bonds. The predicted octanol–water partition coefficient (Wildman–Crippen LogP) is 3.91. The molecule has 1 heterocycles. The van der Waals surface area contributed by atoms with Gasteiger partial charge in [-0.2, -0.15) is 0 Å². The molecule has 0 spiro atoms. The number of methoxy groups -OCH3 is 1. The van der Waals surface area contributed by atoms with Gasteiger partial charge < -0.3 is 9.84 Å². The first-order chi connectivity index (χ1) is 8.11. The molecule has 17 heavy (non-hydrogen) atoms.